The molecule has 7 nitrogen and oxygen atoms in total. The molecule has 0 fully saturated rings. The minimum Gasteiger partial charge on any atom is -0.493 e. The topological polar surface area (TPSA) is 94.6 Å². The molecule has 0 saturated heterocycles. The van der Waals surface area contributed by atoms with E-state index >= 15 is 0 Å². The molecule has 0 saturated carbocycles. The van der Waals surface area contributed by atoms with Gasteiger partial charge in [-0.2, -0.15) is 0 Å². The predicted molar refractivity (Wildman–Crippen MR) is 107 cm³/mol. The van der Waals surface area contributed by atoms with Gasteiger partial charge >= 0.3 is 5.63 Å². The summed E-state index contributed by atoms with van der Waals surface area (Å²) >= 11 is 0. The van der Waals surface area contributed by atoms with Crippen LogP contribution in [0.15, 0.2) is 68.3 Å². The number of hydrogen-bond donors (Lipinski definition) is 1. The van der Waals surface area contributed by atoms with Crippen molar-refractivity contribution >= 4 is 16.9 Å². The maximum absolute atomic E-state index is 12.5. The first-order chi connectivity index (χ1) is 14.0. The van der Waals surface area contributed by atoms with Crippen molar-refractivity contribution in [2.45, 2.75) is 13.5 Å². The third kappa shape index (κ3) is 3.75. The monoisotopic (exact) mass is 390 g/mol. The van der Waals surface area contributed by atoms with E-state index in [1.165, 1.54) is 13.2 Å². The molecule has 0 spiro atoms. The highest BCUT2D eigenvalue weighted by Crippen LogP contribution is 2.24. The Kier molecular flexibility index (Phi) is 4.87. The number of fused-ring (bicyclic) bond motifs is 1. The van der Waals surface area contributed by atoms with E-state index in [1.807, 2.05) is 31.2 Å². The van der Waals surface area contributed by atoms with Crippen molar-refractivity contribution in [1.29, 1.82) is 0 Å². The first kappa shape index (κ1) is 18.5. The summed E-state index contributed by atoms with van der Waals surface area (Å²) in [6.45, 7) is 2.12. The number of aromatic nitrogens is 1. The quantitative estimate of drug-likeness (QED) is 0.522. The summed E-state index contributed by atoms with van der Waals surface area (Å²) in [6, 6.07) is 16.2. The van der Waals surface area contributed by atoms with Crippen molar-refractivity contribution in [1.82, 2.24) is 10.5 Å². The van der Waals surface area contributed by atoms with Gasteiger partial charge in [-0.3, -0.25) is 4.79 Å². The lowest BCUT2D eigenvalue weighted by molar-refractivity contribution is 0.0946. The second-order valence-electron chi connectivity index (χ2n) is 6.56. The van der Waals surface area contributed by atoms with Crippen molar-refractivity contribution in [3.63, 3.8) is 0 Å². The zero-order valence-corrected chi connectivity index (χ0v) is 15.9. The lowest BCUT2D eigenvalue weighted by Gasteiger charge is -2.06. The summed E-state index contributed by atoms with van der Waals surface area (Å²) in [4.78, 5) is 24.7. The Bertz CT molecular complexity index is 1240. The summed E-state index contributed by atoms with van der Waals surface area (Å²) in [6.07, 6.45) is 0. The van der Waals surface area contributed by atoms with Crippen molar-refractivity contribution in [2.24, 2.45) is 0 Å². The van der Waals surface area contributed by atoms with Crippen LogP contribution in [0, 0.1) is 6.92 Å². The van der Waals surface area contributed by atoms with E-state index in [2.05, 4.69) is 10.5 Å². The van der Waals surface area contributed by atoms with Crippen LogP contribution in [-0.2, 0) is 6.54 Å². The molecule has 4 aromatic rings. The first-order valence-electron chi connectivity index (χ1n) is 8.97. The Morgan fingerprint density at radius 3 is 2.69 bits per heavy atom. The summed E-state index contributed by atoms with van der Waals surface area (Å²) in [7, 11) is 1.48. The standard InChI is InChI=1S/C22H18N2O5/c1-13-6-8-14(9-7-13)19-11-16(24-29-19)12-23-21(25)17-10-15-4-3-5-18(27-2)20(15)28-22(17)26/h3-11H,12H2,1-2H3,(H,23,25). The maximum Gasteiger partial charge on any atom is 0.349 e. The molecule has 0 radical (unpaired) electrons. The number of methoxy groups -OCH3 is 1. The second kappa shape index (κ2) is 7.63. The van der Waals surface area contributed by atoms with Gasteiger partial charge in [0, 0.05) is 17.0 Å². The first-order valence-corrected chi connectivity index (χ1v) is 8.97. The number of nitrogens with one attached hydrogen (secondary N) is 1. The third-order valence-corrected chi connectivity index (χ3v) is 4.51. The summed E-state index contributed by atoms with van der Waals surface area (Å²) in [5.74, 6) is 0.479. The van der Waals surface area contributed by atoms with Gasteiger partial charge in [-0.1, -0.05) is 47.1 Å². The summed E-state index contributed by atoms with van der Waals surface area (Å²) in [5.41, 5.74) is 2.06. The molecule has 2 aromatic heterocycles. The van der Waals surface area contributed by atoms with Crippen LogP contribution in [0.4, 0.5) is 0 Å². The van der Waals surface area contributed by atoms with Crippen LogP contribution in [0.3, 0.4) is 0 Å². The third-order valence-electron chi connectivity index (χ3n) is 4.51. The van der Waals surface area contributed by atoms with Gasteiger partial charge < -0.3 is 19.0 Å². The average Bonchev–Trinajstić information content (AvgIpc) is 3.20. The zero-order chi connectivity index (χ0) is 20.4. The number of para-hydroxylation sites is 1. The van der Waals surface area contributed by atoms with Gasteiger partial charge in [0.2, 0.25) is 0 Å². The molecule has 0 bridgehead atoms. The number of hydrogen-bond acceptors (Lipinski definition) is 6. The van der Waals surface area contributed by atoms with Crippen LogP contribution in [0.5, 0.6) is 5.75 Å². The number of nitrogens with zero attached hydrogens (tertiary/aromatic N) is 1. The van der Waals surface area contributed by atoms with Gasteiger partial charge in [0.05, 0.1) is 13.7 Å². The number of rotatable bonds is 5. The molecule has 146 valence electrons. The van der Waals surface area contributed by atoms with Gasteiger partial charge in [0.25, 0.3) is 5.91 Å². The molecule has 2 heterocycles. The molecule has 4 rings (SSSR count). The van der Waals surface area contributed by atoms with Gasteiger partial charge in [0.15, 0.2) is 17.1 Å². The van der Waals surface area contributed by atoms with E-state index in [-0.39, 0.29) is 12.1 Å². The van der Waals surface area contributed by atoms with E-state index < -0.39 is 11.5 Å². The molecule has 0 aliphatic carbocycles. The van der Waals surface area contributed by atoms with Crippen LogP contribution < -0.4 is 15.7 Å². The van der Waals surface area contributed by atoms with Crippen LogP contribution in [0.2, 0.25) is 0 Å². The molecule has 2 aromatic carbocycles. The van der Waals surface area contributed by atoms with E-state index in [1.54, 1.807) is 24.3 Å². The fourth-order valence-corrected chi connectivity index (χ4v) is 2.95. The SMILES string of the molecule is COc1cccc2cc(C(=O)NCc3cc(-c4ccc(C)cc4)on3)c(=O)oc12. The highest BCUT2D eigenvalue weighted by atomic mass is 16.5. The van der Waals surface area contributed by atoms with Crippen LogP contribution in [0.1, 0.15) is 21.6 Å². The molecule has 1 amide bonds. The van der Waals surface area contributed by atoms with Crippen LogP contribution in [-0.4, -0.2) is 18.2 Å². The van der Waals surface area contributed by atoms with Crippen LogP contribution in [0.25, 0.3) is 22.3 Å². The number of benzene rings is 2. The summed E-state index contributed by atoms with van der Waals surface area (Å²) in [5, 5.41) is 7.23. The Morgan fingerprint density at radius 1 is 1.14 bits per heavy atom. The van der Waals surface area contributed by atoms with Crippen LogP contribution >= 0.6 is 0 Å². The molecule has 7 heteroatoms. The molecular formula is C22H18N2O5. The van der Waals surface area contributed by atoms with E-state index in [4.69, 9.17) is 13.7 Å². The molecule has 0 aliphatic rings. The van der Waals surface area contributed by atoms with Crippen molar-refractivity contribution in [3.8, 4) is 17.1 Å². The Morgan fingerprint density at radius 2 is 1.93 bits per heavy atom. The lowest BCUT2D eigenvalue weighted by atomic mass is 10.1. The molecule has 1 N–H and O–H groups in total. The van der Waals surface area contributed by atoms with Gasteiger partial charge in [0.1, 0.15) is 11.3 Å². The number of carbonyl (C=O) groups is 1. The minimum absolute atomic E-state index is 0.0898. The number of carbonyl (C=O) groups excluding carboxylic acids is 1. The summed E-state index contributed by atoms with van der Waals surface area (Å²) < 4.78 is 15.8. The van der Waals surface area contributed by atoms with E-state index in [9.17, 15) is 9.59 Å². The average molecular weight is 390 g/mol. The Hall–Kier alpha value is -3.87. The fourth-order valence-electron chi connectivity index (χ4n) is 2.95. The zero-order valence-electron chi connectivity index (χ0n) is 15.9. The fraction of sp³-hybridized carbons (Fsp3) is 0.136. The second-order valence-corrected chi connectivity index (χ2v) is 6.56. The highest BCUT2D eigenvalue weighted by molar-refractivity contribution is 5.97. The number of aryl methyl sites for hydroxylation is 1. The van der Waals surface area contributed by atoms with Gasteiger partial charge in [-0.05, 0) is 19.1 Å². The number of amides is 1. The molecule has 29 heavy (non-hydrogen) atoms. The van der Waals surface area contributed by atoms with Gasteiger partial charge in [-0.15, -0.1) is 0 Å². The lowest BCUT2D eigenvalue weighted by Crippen LogP contribution is -2.28. The predicted octanol–water partition coefficient (Wildman–Crippen LogP) is 3.70. The van der Waals surface area contributed by atoms with Crippen molar-refractivity contribution in [3.05, 3.63) is 81.8 Å². The maximum atomic E-state index is 12.5. The molecule has 0 aliphatic heterocycles. The molecular weight excluding hydrogens is 372 g/mol. The largest absolute Gasteiger partial charge is 0.493 e. The molecule has 0 atom stereocenters. The van der Waals surface area contributed by atoms with E-state index in [0.717, 1.165) is 11.1 Å². The highest BCUT2D eigenvalue weighted by Gasteiger charge is 2.16. The number of ether oxygens (including phenoxy) is 1. The van der Waals surface area contributed by atoms with Crippen molar-refractivity contribution < 1.29 is 18.5 Å². The normalized spacial score (nSPS) is 10.8. The minimum atomic E-state index is -0.736. The smallest absolute Gasteiger partial charge is 0.349 e. The Balaban J connectivity index is 1.51. The van der Waals surface area contributed by atoms with E-state index in [0.29, 0.717) is 28.2 Å². The molecule has 0 unspecified atom stereocenters. The van der Waals surface area contributed by atoms with Gasteiger partial charge in [-0.25, -0.2) is 4.79 Å². The van der Waals surface area contributed by atoms with Crippen molar-refractivity contribution in [2.75, 3.05) is 7.11 Å². The Labute approximate surface area is 165 Å².